The van der Waals surface area contributed by atoms with Crippen molar-refractivity contribution >= 4 is 16.9 Å². The largest absolute Gasteiger partial charge is 0.355 e. The van der Waals surface area contributed by atoms with Gasteiger partial charge in [-0.05, 0) is 25.5 Å². The fraction of sp³-hybridized carbons (Fsp3) is 0.600. The molecular formula is C15H23N5. The highest BCUT2D eigenvalue weighted by molar-refractivity contribution is 5.87. The summed E-state index contributed by atoms with van der Waals surface area (Å²) in [5.74, 6) is 1.04. The van der Waals surface area contributed by atoms with E-state index in [2.05, 4.69) is 44.8 Å². The van der Waals surface area contributed by atoms with E-state index in [1.807, 2.05) is 6.20 Å². The zero-order valence-electron chi connectivity index (χ0n) is 12.3. The lowest BCUT2D eigenvalue weighted by Crippen LogP contribution is -2.35. The molecule has 108 valence electrons. The number of unbranched alkanes of at least 4 members (excludes halogenated alkanes) is 1. The van der Waals surface area contributed by atoms with Gasteiger partial charge in [0.05, 0.1) is 5.39 Å². The summed E-state index contributed by atoms with van der Waals surface area (Å²) in [4.78, 5) is 16.8. The number of nitrogens with zero attached hydrogens (tertiary/aromatic N) is 4. The Bertz CT molecular complexity index is 564. The minimum atomic E-state index is 0.555. The van der Waals surface area contributed by atoms with Crippen LogP contribution in [0.1, 0.15) is 26.2 Å². The Morgan fingerprint density at radius 1 is 1.45 bits per heavy atom. The van der Waals surface area contributed by atoms with Gasteiger partial charge in [-0.2, -0.15) is 0 Å². The number of hydrogen-bond acceptors (Lipinski definition) is 4. The molecule has 0 aliphatic carbocycles. The first kappa shape index (κ1) is 13.4. The third kappa shape index (κ3) is 2.50. The van der Waals surface area contributed by atoms with Crippen LogP contribution in [0.2, 0.25) is 0 Å². The molecule has 5 heteroatoms. The Morgan fingerprint density at radius 2 is 2.35 bits per heavy atom. The lowest BCUT2D eigenvalue weighted by Gasteiger charge is -2.26. The molecule has 3 rings (SSSR count). The second-order valence-corrected chi connectivity index (χ2v) is 5.64. The van der Waals surface area contributed by atoms with Gasteiger partial charge in [0.2, 0.25) is 0 Å². The van der Waals surface area contributed by atoms with Crippen molar-refractivity contribution < 1.29 is 0 Å². The Hall–Kier alpha value is -1.62. The first-order valence-electron chi connectivity index (χ1n) is 7.53. The van der Waals surface area contributed by atoms with E-state index in [1.165, 1.54) is 32.4 Å². The standard InChI is InChI=1S/C15H23N5/c1-3-4-8-20-9-6-12(10-20)19(2)15-13-5-7-16-14(13)17-11-18-15/h5,7,11-12H,3-4,6,8-10H2,1-2H3,(H,16,17,18)/t12-/m1/s1. The molecule has 1 atom stereocenters. The van der Waals surface area contributed by atoms with E-state index in [-0.39, 0.29) is 0 Å². The first-order valence-corrected chi connectivity index (χ1v) is 7.53. The van der Waals surface area contributed by atoms with Crippen LogP contribution in [-0.4, -0.2) is 52.6 Å². The number of anilines is 1. The number of rotatable bonds is 5. The smallest absolute Gasteiger partial charge is 0.142 e. The van der Waals surface area contributed by atoms with Crippen molar-refractivity contribution in [2.24, 2.45) is 0 Å². The Balaban J connectivity index is 1.73. The molecule has 2 aromatic rings. The van der Waals surface area contributed by atoms with Gasteiger partial charge >= 0.3 is 0 Å². The minimum absolute atomic E-state index is 0.555. The quantitative estimate of drug-likeness (QED) is 0.908. The van der Waals surface area contributed by atoms with Crippen LogP contribution < -0.4 is 4.90 Å². The summed E-state index contributed by atoms with van der Waals surface area (Å²) in [7, 11) is 2.16. The van der Waals surface area contributed by atoms with Gasteiger partial charge in [0, 0.05) is 32.4 Å². The van der Waals surface area contributed by atoms with E-state index in [1.54, 1.807) is 6.33 Å². The highest BCUT2D eigenvalue weighted by Crippen LogP contribution is 2.25. The van der Waals surface area contributed by atoms with E-state index in [0.717, 1.165) is 23.4 Å². The summed E-state index contributed by atoms with van der Waals surface area (Å²) >= 11 is 0. The number of nitrogens with one attached hydrogen (secondary N) is 1. The Labute approximate surface area is 120 Å². The van der Waals surface area contributed by atoms with E-state index >= 15 is 0 Å². The van der Waals surface area contributed by atoms with Crippen molar-refractivity contribution in [2.75, 3.05) is 31.6 Å². The average molecular weight is 273 g/mol. The first-order chi connectivity index (χ1) is 9.79. The van der Waals surface area contributed by atoms with E-state index in [9.17, 15) is 0 Å². The second kappa shape index (κ2) is 5.79. The highest BCUT2D eigenvalue weighted by Gasteiger charge is 2.26. The number of aromatic amines is 1. The Kier molecular flexibility index (Phi) is 3.87. The Morgan fingerprint density at radius 3 is 3.20 bits per heavy atom. The third-order valence-electron chi connectivity index (χ3n) is 4.29. The summed E-state index contributed by atoms with van der Waals surface area (Å²) in [6, 6.07) is 2.62. The maximum atomic E-state index is 4.49. The van der Waals surface area contributed by atoms with Crippen molar-refractivity contribution in [3.05, 3.63) is 18.6 Å². The predicted octanol–water partition coefficient (Wildman–Crippen LogP) is 2.27. The molecule has 3 heterocycles. The van der Waals surface area contributed by atoms with Crippen LogP contribution in [-0.2, 0) is 0 Å². The number of fused-ring (bicyclic) bond motifs is 1. The van der Waals surface area contributed by atoms with Crippen LogP contribution in [0.5, 0.6) is 0 Å². The molecular weight excluding hydrogens is 250 g/mol. The molecule has 2 aromatic heterocycles. The van der Waals surface area contributed by atoms with Crippen molar-refractivity contribution in [1.29, 1.82) is 0 Å². The van der Waals surface area contributed by atoms with Gasteiger partial charge in [0.1, 0.15) is 17.8 Å². The van der Waals surface area contributed by atoms with Gasteiger partial charge in [-0.3, -0.25) is 0 Å². The molecule has 5 nitrogen and oxygen atoms in total. The molecule has 1 saturated heterocycles. The van der Waals surface area contributed by atoms with Gasteiger partial charge in [-0.25, -0.2) is 9.97 Å². The molecule has 0 radical (unpaired) electrons. The molecule has 1 aliphatic rings. The second-order valence-electron chi connectivity index (χ2n) is 5.64. The molecule has 0 bridgehead atoms. The molecule has 1 aliphatic heterocycles. The number of likely N-dealkylation sites (tertiary alicyclic amines) is 1. The van der Waals surface area contributed by atoms with Gasteiger partial charge in [0.25, 0.3) is 0 Å². The molecule has 20 heavy (non-hydrogen) atoms. The van der Waals surface area contributed by atoms with E-state index < -0.39 is 0 Å². The summed E-state index contributed by atoms with van der Waals surface area (Å²) < 4.78 is 0. The maximum Gasteiger partial charge on any atom is 0.142 e. The summed E-state index contributed by atoms with van der Waals surface area (Å²) in [5, 5.41) is 1.11. The topological polar surface area (TPSA) is 48.1 Å². The SMILES string of the molecule is CCCCN1CC[C@@H](N(C)c2ncnc3[nH]ccc23)C1. The lowest BCUT2D eigenvalue weighted by atomic mass is 10.2. The maximum absolute atomic E-state index is 4.49. The van der Waals surface area contributed by atoms with Crippen LogP contribution in [0.4, 0.5) is 5.82 Å². The molecule has 1 N–H and O–H groups in total. The van der Waals surface area contributed by atoms with E-state index in [4.69, 9.17) is 0 Å². The van der Waals surface area contributed by atoms with Gasteiger partial charge in [0.15, 0.2) is 0 Å². The lowest BCUT2D eigenvalue weighted by molar-refractivity contribution is 0.327. The number of likely N-dealkylation sites (N-methyl/N-ethyl adjacent to an activating group) is 1. The number of aromatic nitrogens is 3. The monoisotopic (exact) mass is 273 g/mol. The third-order valence-corrected chi connectivity index (χ3v) is 4.29. The van der Waals surface area contributed by atoms with Crippen LogP contribution in [0.15, 0.2) is 18.6 Å². The molecule has 0 saturated carbocycles. The number of hydrogen-bond donors (Lipinski definition) is 1. The van der Waals surface area contributed by atoms with Gasteiger partial charge in [-0.1, -0.05) is 13.3 Å². The normalized spacial score (nSPS) is 19.8. The molecule has 0 amide bonds. The molecule has 1 fully saturated rings. The van der Waals surface area contributed by atoms with Gasteiger partial charge in [-0.15, -0.1) is 0 Å². The minimum Gasteiger partial charge on any atom is -0.355 e. The zero-order valence-corrected chi connectivity index (χ0v) is 12.3. The fourth-order valence-corrected chi connectivity index (χ4v) is 3.03. The summed E-state index contributed by atoms with van der Waals surface area (Å²) in [6.07, 6.45) is 7.36. The van der Waals surface area contributed by atoms with Gasteiger partial charge < -0.3 is 14.8 Å². The zero-order chi connectivity index (χ0) is 13.9. The molecule has 0 unspecified atom stereocenters. The summed E-state index contributed by atoms with van der Waals surface area (Å²) in [6.45, 7) is 5.83. The number of H-pyrrole nitrogens is 1. The van der Waals surface area contributed by atoms with Crippen molar-refractivity contribution in [1.82, 2.24) is 19.9 Å². The van der Waals surface area contributed by atoms with Crippen LogP contribution in [0.3, 0.4) is 0 Å². The highest BCUT2D eigenvalue weighted by atomic mass is 15.3. The summed E-state index contributed by atoms with van der Waals surface area (Å²) in [5.41, 5.74) is 0.919. The predicted molar refractivity (Wildman–Crippen MR) is 82.0 cm³/mol. The van der Waals surface area contributed by atoms with Crippen molar-refractivity contribution in [3.63, 3.8) is 0 Å². The molecule has 0 aromatic carbocycles. The van der Waals surface area contributed by atoms with Crippen LogP contribution in [0, 0.1) is 0 Å². The van der Waals surface area contributed by atoms with E-state index in [0.29, 0.717) is 6.04 Å². The van der Waals surface area contributed by atoms with Crippen molar-refractivity contribution in [2.45, 2.75) is 32.2 Å². The fourth-order valence-electron chi connectivity index (χ4n) is 3.03. The molecule has 0 spiro atoms. The van der Waals surface area contributed by atoms with Crippen LogP contribution >= 0.6 is 0 Å². The van der Waals surface area contributed by atoms with Crippen LogP contribution in [0.25, 0.3) is 11.0 Å². The van der Waals surface area contributed by atoms with Crippen molar-refractivity contribution in [3.8, 4) is 0 Å². The average Bonchev–Trinajstić information content (AvgIpc) is 3.12.